The van der Waals surface area contributed by atoms with Crippen LogP contribution in [0, 0.1) is 34.5 Å². The molecule has 0 saturated heterocycles. The van der Waals surface area contributed by atoms with E-state index in [0.29, 0.717) is 63.8 Å². The van der Waals surface area contributed by atoms with Gasteiger partial charge in [0.15, 0.2) is 0 Å². The topological polar surface area (TPSA) is 310 Å². The number of nitrogens with two attached hydrogens (primary N) is 2. The molecule has 0 aliphatic carbocycles. The van der Waals surface area contributed by atoms with Gasteiger partial charge in [0.05, 0.1) is 88.0 Å². The first-order chi connectivity index (χ1) is 40.9. The number of carbonyl (C=O) groups is 8. The number of halogens is 12. The van der Waals surface area contributed by atoms with E-state index in [1.54, 1.807) is 27.7 Å². The molecule has 4 N–H and O–H groups in total. The second kappa shape index (κ2) is 46.9. The Bertz CT molecular complexity index is 2260. The molecule has 0 heterocycles. The monoisotopic (exact) mass is 1290 g/mol. The lowest BCUT2D eigenvalue weighted by atomic mass is 9.88. The maximum Gasteiger partial charge on any atom is 0.395 e. The summed E-state index contributed by atoms with van der Waals surface area (Å²) in [6.45, 7) is 13.6. The number of rotatable bonds is 32. The van der Waals surface area contributed by atoms with E-state index in [1.807, 2.05) is 12.1 Å². The molecule has 0 rings (SSSR count). The van der Waals surface area contributed by atoms with Crippen molar-refractivity contribution in [1.29, 1.82) is 10.5 Å². The Morgan fingerprint density at radius 1 is 0.352 bits per heavy atom. The molecule has 0 aromatic heterocycles. The average molecular weight is 1290 g/mol. The highest BCUT2D eigenvalue weighted by molar-refractivity contribution is 6.03. The molecule has 2 unspecified atom stereocenters. The molecule has 0 radical (unpaired) electrons. The van der Waals surface area contributed by atoms with E-state index < -0.39 is 132 Å². The minimum Gasteiger partial charge on any atom is -0.463 e. The van der Waals surface area contributed by atoms with Gasteiger partial charge in [-0.25, -0.2) is 38.4 Å². The van der Waals surface area contributed by atoms with Crippen LogP contribution in [0.3, 0.4) is 0 Å². The number of nitrogens with zero attached hydrogens (tertiary/aromatic N) is 2. The highest BCUT2D eigenvalue weighted by Crippen LogP contribution is 2.40. The van der Waals surface area contributed by atoms with Crippen molar-refractivity contribution in [1.82, 2.24) is 0 Å². The van der Waals surface area contributed by atoms with Gasteiger partial charge in [-0.3, -0.25) is 0 Å². The largest absolute Gasteiger partial charge is 0.463 e. The average Bonchev–Trinajstić information content (AvgIpc) is 1.94. The number of ether oxygens (including phenoxy) is 8. The first-order valence-corrected chi connectivity index (χ1v) is 27.6. The third kappa shape index (κ3) is 37.5. The predicted molar refractivity (Wildman–Crippen MR) is 288 cm³/mol. The maximum absolute atomic E-state index is 13.0. The standard InChI is InChI=1S/2C14H18F6O4.C14H26N2O4.C14H18N2O4/c1-5-23-11(21)9(7(3)13(15,16)17)10(12(22)24-6-2)8(4)14(18,19)20;1-3-23-11(21)9(5-7-13(15,16)17)10(12(22)24-4-2)6-8-14(18,19)20;2*1-3-19-13(17)11(7-5-9-15)12(8-6-10-16)14(18)20-4-2/h7-8H,5-6H2,1-4H3;3-8H2,1-2H3;3-10,15-16H2,1-2H3;3-8H2,1-2H3. The lowest BCUT2D eigenvalue weighted by Crippen LogP contribution is -2.35. The van der Waals surface area contributed by atoms with Crippen molar-refractivity contribution < 1.29 is 129 Å². The van der Waals surface area contributed by atoms with Crippen LogP contribution in [0.2, 0.25) is 0 Å². The molecule has 504 valence electrons. The smallest absolute Gasteiger partial charge is 0.395 e. The number of carbonyl (C=O) groups excluding carboxylic acids is 8. The summed E-state index contributed by atoms with van der Waals surface area (Å²) in [4.78, 5) is 95.1. The van der Waals surface area contributed by atoms with Crippen LogP contribution in [-0.4, -0.2) is 138 Å². The van der Waals surface area contributed by atoms with Crippen molar-refractivity contribution >= 4 is 47.8 Å². The molecule has 0 aromatic carbocycles. The summed E-state index contributed by atoms with van der Waals surface area (Å²) in [6.07, 6.45) is -21.9. The normalized spacial score (nSPS) is 13.2. The van der Waals surface area contributed by atoms with Crippen molar-refractivity contribution in [2.45, 2.75) is 171 Å². The zero-order valence-corrected chi connectivity index (χ0v) is 50.8. The maximum atomic E-state index is 13.0. The van der Waals surface area contributed by atoms with E-state index in [4.69, 9.17) is 40.9 Å². The van der Waals surface area contributed by atoms with E-state index >= 15 is 0 Å². The van der Waals surface area contributed by atoms with E-state index in [9.17, 15) is 91.0 Å². The first kappa shape index (κ1) is 87.2. The minimum atomic E-state index is -5.05. The van der Waals surface area contributed by atoms with Gasteiger partial charge in [-0.1, -0.05) is 0 Å². The van der Waals surface area contributed by atoms with Crippen molar-refractivity contribution in [3.63, 3.8) is 0 Å². The Balaban J connectivity index is -0.000000537. The Hall–Kier alpha value is -7.22. The quantitative estimate of drug-likeness (QED) is 0.0274. The third-order valence-corrected chi connectivity index (χ3v) is 10.9. The lowest BCUT2D eigenvalue weighted by molar-refractivity contribution is -0.174. The zero-order chi connectivity index (χ0) is 69.0. The van der Waals surface area contributed by atoms with Crippen LogP contribution < -0.4 is 11.5 Å². The van der Waals surface area contributed by atoms with Gasteiger partial charge < -0.3 is 49.4 Å². The molecule has 0 spiro atoms. The SMILES string of the molecule is CCOC(=O)C(=C(C(=O)OCC)C(C)C(F)(F)F)C(C)C(F)(F)F.CCOC(=O)C(CCC#N)=C(CCC#N)C(=O)OCC.CCOC(=O)C(CCC(F)(F)F)=C(CCC(F)(F)F)C(=O)OCC.CCOC(=O)C(CCCN)=C(CCCN)C(=O)OCC. The molecule has 0 aliphatic rings. The third-order valence-electron chi connectivity index (χ3n) is 10.9. The molecule has 0 fully saturated rings. The van der Waals surface area contributed by atoms with E-state index in [1.165, 1.54) is 27.7 Å². The summed E-state index contributed by atoms with van der Waals surface area (Å²) < 4.78 is 190. The highest BCUT2D eigenvalue weighted by atomic mass is 19.4. The number of hydrogen-bond acceptors (Lipinski definition) is 20. The fraction of sp³-hybridized carbons (Fsp3) is 0.679. The van der Waals surface area contributed by atoms with E-state index in [2.05, 4.69) is 18.9 Å². The molecule has 88 heavy (non-hydrogen) atoms. The van der Waals surface area contributed by atoms with Gasteiger partial charge in [0.1, 0.15) is 0 Å². The number of esters is 8. The highest BCUT2D eigenvalue weighted by Gasteiger charge is 2.49. The zero-order valence-electron chi connectivity index (χ0n) is 50.8. The summed E-state index contributed by atoms with van der Waals surface area (Å²) in [5.41, 5.74) is 7.66. The molecule has 32 heteroatoms. The number of hydrogen-bond donors (Lipinski definition) is 2. The van der Waals surface area contributed by atoms with Crippen LogP contribution in [0.15, 0.2) is 44.6 Å². The van der Waals surface area contributed by atoms with Crippen LogP contribution in [0.1, 0.15) is 146 Å². The molecule has 0 saturated carbocycles. The second-order valence-corrected chi connectivity index (χ2v) is 17.3. The van der Waals surface area contributed by atoms with Crippen molar-refractivity contribution in [2.75, 3.05) is 65.9 Å². The predicted octanol–water partition coefficient (Wildman–Crippen LogP) is 10.8. The van der Waals surface area contributed by atoms with Gasteiger partial charge in [0.2, 0.25) is 0 Å². The summed E-state index contributed by atoms with van der Waals surface area (Å²) in [5.74, 6) is -13.3. The first-order valence-electron chi connectivity index (χ1n) is 27.6. The van der Waals surface area contributed by atoms with Crippen molar-refractivity contribution in [2.24, 2.45) is 23.3 Å². The van der Waals surface area contributed by atoms with Crippen LogP contribution in [0.25, 0.3) is 0 Å². The Morgan fingerprint density at radius 2 is 0.545 bits per heavy atom. The molecule has 0 bridgehead atoms. The lowest BCUT2D eigenvalue weighted by Gasteiger charge is -2.25. The van der Waals surface area contributed by atoms with Crippen molar-refractivity contribution in [3.8, 4) is 12.1 Å². The van der Waals surface area contributed by atoms with E-state index in [-0.39, 0.29) is 89.7 Å². The summed E-state index contributed by atoms with van der Waals surface area (Å²) in [5, 5.41) is 17.3. The summed E-state index contributed by atoms with van der Waals surface area (Å²) in [7, 11) is 0. The van der Waals surface area contributed by atoms with Gasteiger partial charge >= 0.3 is 72.5 Å². The number of nitriles is 2. The van der Waals surface area contributed by atoms with Crippen LogP contribution in [0.4, 0.5) is 52.7 Å². The van der Waals surface area contributed by atoms with Gasteiger partial charge in [-0.15, -0.1) is 0 Å². The molecule has 20 nitrogen and oxygen atoms in total. The van der Waals surface area contributed by atoms with Gasteiger partial charge in [-0.2, -0.15) is 63.2 Å². The Labute approximate surface area is 503 Å². The number of alkyl halides is 12. The van der Waals surface area contributed by atoms with Crippen LogP contribution in [0.5, 0.6) is 0 Å². The van der Waals surface area contributed by atoms with Gasteiger partial charge in [0, 0.05) is 59.1 Å². The van der Waals surface area contributed by atoms with Crippen LogP contribution in [-0.2, 0) is 76.3 Å². The fourth-order valence-corrected chi connectivity index (χ4v) is 6.80. The minimum absolute atomic E-state index is 0.0869. The molecule has 0 aromatic rings. The molecule has 2 atom stereocenters. The van der Waals surface area contributed by atoms with Gasteiger partial charge in [0.25, 0.3) is 0 Å². The van der Waals surface area contributed by atoms with Gasteiger partial charge in [-0.05, 0) is 134 Å². The summed E-state index contributed by atoms with van der Waals surface area (Å²) >= 11 is 0. The summed E-state index contributed by atoms with van der Waals surface area (Å²) in [6, 6.07) is 3.84. The molecular formula is C56H80F12N4O16. The Morgan fingerprint density at radius 3 is 0.716 bits per heavy atom. The van der Waals surface area contributed by atoms with Crippen molar-refractivity contribution in [3.05, 3.63) is 44.6 Å². The molecule has 0 amide bonds. The molecular weight excluding hydrogens is 1210 g/mol. The molecule has 0 aliphatic heterocycles. The Kier molecular flexibility index (Phi) is 46.5. The second-order valence-electron chi connectivity index (χ2n) is 17.3. The van der Waals surface area contributed by atoms with E-state index in [0.717, 1.165) is 0 Å². The fourth-order valence-electron chi connectivity index (χ4n) is 6.80. The van der Waals surface area contributed by atoms with Crippen LogP contribution >= 0.6 is 0 Å².